The van der Waals surface area contributed by atoms with Crippen LogP contribution in [0.25, 0.3) is 5.82 Å². The summed E-state index contributed by atoms with van der Waals surface area (Å²) in [5.41, 5.74) is 2.51. The van der Waals surface area contributed by atoms with Gasteiger partial charge in [-0.25, -0.2) is 27.8 Å². The van der Waals surface area contributed by atoms with Crippen LogP contribution in [0.5, 0.6) is 0 Å². The first-order chi connectivity index (χ1) is 13.7. The smallest absolute Gasteiger partial charge is 0.240 e. The van der Waals surface area contributed by atoms with Gasteiger partial charge in [0.05, 0.1) is 10.6 Å². The number of hydrogen-bond donors (Lipinski definition) is 2. The molecule has 0 aliphatic heterocycles. The minimum absolute atomic E-state index is 0.176. The fraction of sp³-hybridized carbons (Fsp3) is 0.316. The number of anilines is 1. The van der Waals surface area contributed by atoms with Gasteiger partial charge >= 0.3 is 0 Å². The molecule has 3 aromatic rings. The van der Waals surface area contributed by atoms with Crippen molar-refractivity contribution in [2.75, 3.05) is 18.4 Å². The predicted octanol–water partition coefficient (Wildman–Crippen LogP) is 2.94. The average Bonchev–Trinajstić information content (AvgIpc) is 2.98. The Hall–Kier alpha value is -2.49. The Balaban J connectivity index is 1.66. The lowest BCUT2D eigenvalue weighted by atomic mass is 10.2. The Bertz CT molecular complexity index is 1140. The minimum atomic E-state index is -3.65. The summed E-state index contributed by atoms with van der Waals surface area (Å²) >= 11 is 5.93. The highest BCUT2D eigenvalue weighted by atomic mass is 35.5. The summed E-state index contributed by atoms with van der Waals surface area (Å²) in [6.45, 7) is 7.94. The Morgan fingerprint density at radius 3 is 2.48 bits per heavy atom. The molecule has 0 saturated carbocycles. The van der Waals surface area contributed by atoms with Crippen molar-refractivity contribution in [1.29, 1.82) is 0 Å². The van der Waals surface area contributed by atoms with Crippen LogP contribution in [0.15, 0.2) is 35.2 Å². The van der Waals surface area contributed by atoms with E-state index in [9.17, 15) is 8.42 Å². The third-order valence-corrected chi connectivity index (χ3v) is 6.05. The van der Waals surface area contributed by atoms with Crippen molar-refractivity contribution in [2.45, 2.75) is 32.6 Å². The van der Waals surface area contributed by atoms with Gasteiger partial charge in [-0.15, -0.1) is 0 Å². The molecule has 2 aromatic heterocycles. The topological polar surface area (TPSA) is 102 Å². The molecule has 0 fully saturated rings. The van der Waals surface area contributed by atoms with Crippen molar-refractivity contribution in [3.63, 3.8) is 0 Å². The van der Waals surface area contributed by atoms with E-state index < -0.39 is 10.0 Å². The zero-order valence-electron chi connectivity index (χ0n) is 16.7. The zero-order chi connectivity index (χ0) is 21.2. The monoisotopic (exact) mass is 434 g/mol. The Morgan fingerprint density at radius 2 is 1.79 bits per heavy atom. The molecule has 1 aromatic carbocycles. The van der Waals surface area contributed by atoms with E-state index in [1.54, 1.807) is 36.7 Å². The van der Waals surface area contributed by atoms with Gasteiger partial charge in [0.2, 0.25) is 10.0 Å². The van der Waals surface area contributed by atoms with Crippen LogP contribution in [-0.2, 0) is 10.0 Å². The SMILES string of the molecule is Cc1cc(C)n(-c2cc(NCCNS(=O)(=O)c3cc(Cl)ccc3C)nc(C)n2)n1. The number of halogens is 1. The molecule has 2 heterocycles. The second kappa shape index (κ2) is 8.48. The van der Waals surface area contributed by atoms with Gasteiger partial charge in [-0.1, -0.05) is 17.7 Å². The molecule has 10 heteroatoms. The predicted molar refractivity (Wildman–Crippen MR) is 113 cm³/mol. The summed E-state index contributed by atoms with van der Waals surface area (Å²) < 4.78 is 29.4. The molecular weight excluding hydrogens is 412 g/mol. The van der Waals surface area contributed by atoms with Crippen LogP contribution in [0.4, 0.5) is 5.82 Å². The Morgan fingerprint density at radius 1 is 1.03 bits per heavy atom. The number of sulfonamides is 1. The van der Waals surface area contributed by atoms with Crippen LogP contribution >= 0.6 is 11.6 Å². The van der Waals surface area contributed by atoms with Crippen LogP contribution in [-0.4, -0.2) is 41.3 Å². The molecule has 29 heavy (non-hydrogen) atoms. The van der Waals surface area contributed by atoms with E-state index in [0.29, 0.717) is 34.6 Å². The minimum Gasteiger partial charge on any atom is -0.369 e. The van der Waals surface area contributed by atoms with Crippen LogP contribution in [0.2, 0.25) is 5.02 Å². The maximum atomic E-state index is 12.5. The molecule has 0 amide bonds. The third-order valence-electron chi connectivity index (χ3n) is 4.21. The van der Waals surface area contributed by atoms with Crippen LogP contribution < -0.4 is 10.0 Å². The maximum absolute atomic E-state index is 12.5. The Kier molecular flexibility index (Phi) is 6.21. The highest BCUT2D eigenvalue weighted by molar-refractivity contribution is 7.89. The molecule has 154 valence electrons. The molecular formula is C19H23ClN6O2S. The first-order valence-corrected chi connectivity index (χ1v) is 10.9. The molecule has 0 saturated heterocycles. The summed E-state index contributed by atoms with van der Waals surface area (Å²) in [4.78, 5) is 8.96. The highest BCUT2D eigenvalue weighted by Gasteiger charge is 2.16. The first kappa shape index (κ1) is 21.2. The maximum Gasteiger partial charge on any atom is 0.240 e. The molecule has 0 atom stereocenters. The van der Waals surface area contributed by atoms with Gasteiger partial charge in [0.15, 0.2) is 5.82 Å². The van der Waals surface area contributed by atoms with E-state index in [1.165, 1.54) is 6.07 Å². The van der Waals surface area contributed by atoms with E-state index in [-0.39, 0.29) is 11.4 Å². The van der Waals surface area contributed by atoms with E-state index in [1.807, 2.05) is 19.9 Å². The molecule has 0 spiro atoms. The molecule has 8 nitrogen and oxygen atoms in total. The number of aryl methyl sites for hydroxylation is 4. The lowest BCUT2D eigenvalue weighted by molar-refractivity contribution is 0.582. The van der Waals surface area contributed by atoms with Crippen molar-refractivity contribution in [3.8, 4) is 5.82 Å². The zero-order valence-corrected chi connectivity index (χ0v) is 18.3. The lowest BCUT2D eigenvalue weighted by Crippen LogP contribution is -2.29. The average molecular weight is 435 g/mol. The second-order valence-electron chi connectivity index (χ2n) is 6.73. The van der Waals surface area contributed by atoms with Gasteiger partial charge in [0.1, 0.15) is 11.6 Å². The van der Waals surface area contributed by atoms with Gasteiger partial charge in [-0.3, -0.25) is 0 Å². The first-order valence-electron chi connectivity index (χ1n) is 9.05. The van der Waals surface area contributed by atoms with Crippen molar-refractivity contribution in [1.82, 2.24) is 24.5 Å². The highest BCUT2D eigenvalue weighted by Crippen LogP contribution is 2.20. The largest absolute Gasteiger partial charge is 0.369 e. The van der Waals surface area contributed by atoms with Gasteiger partial charge in [0.25, 0.3) is 0 Å². The quantitative estimate of drug-likeness (QED) is 0.554. The second-order valence-corrected chi connectivity index (χ2v) is 8.90. The number of rotatable bonds is 7. The molecule has 0 aliphatic carbocycles. The van der Waals surface area contributed by atoms with E-state index in [2.05, 4.69) is 25.1 Å². The molecule has 0 bridgehead atoms. The summed E-state index contributed by atoms with van der Waals surface area (Å²) in [5, 5.41) is 7.94. The van der Waals surface area contributed by atoms with Crippen molar-refractivity contribution in [3.05, 3.63) is 58.1 Å². The number of nitrogens with one attached hydrogen (secondary N) is 2. The van der Waals surface area contributed by atoms with Crippen LogP contribution in [0.1, 0.15) is 22.8 Å². The summed E-state index contributed by atoms with van der Waals surface area (Å²) in [6.07, 6.45) is 0. The van der Waals surface area contributed by atoms with Gasteiger partial charge in [-0.05, 0) is 51.5 Å². The number of nitrogens with zero attached hydrogens (tertiary/aromatic N) is 4. The van der Waals surface area contributed by atoms with Crippen molar-refractivity contribution < 1.29 is 8.42 Å². The standard InChI is InChI=1S/C19H23ClN6O2S/c1-12-5-6-16(20)10-17(12)29(27,28)22-8-7-21-18-11-19(24-15(4)23-18)26-14(3)9-13(2)25-26/h5-6,9-11,22H,7-8H2,1-4H3,(H,21,23,24). The van der Waals surface area contributed by atoms with Crippen molar-refractivity contribution in [2.24, 2.45) is 0 Å². The number of benzene rings is 1. The summed E-state index contributed by atoms with van der Waals surface area (Å²) in [6, 6.07) is 8.54. The molecule has 0 radical (unpaired) electrons. The van der Waals surface area contributed by atoms with E-state index in [4.69, 9.17) is 11.6 Å². The van der Waals surface area contributed by atoms with Crippen molar-refractivity contribution >= 4 is 27.4 Å². The fourth-order valence-electron chi connectivity index (χ4n) is 2.93. The van der Waals surface area contributed by atoms with Gasteiger partial charge < -0.3 is 5.32 Å². The van der Waals surface area contributed by atoms with Crippen LogP contribution in [0, 0.1) is 27.7 Å². The number of hydrogen-bond acceptors (Lipinski definition) is 6. The van der Waals surface area contributed by atoms with Gasteiger partial charge in [-0.2, -0.15) is 5.10 Å². The third kappa shape index (κ3) is 5.11. The van der Waals surface area contributed by atoms with E-state index in [0.717, 1.165) is 11.4 Å². The molecule has 0 aliphatic rings. The Labute approximate surface area is 175 Å². The van der Waals surface area contributed by atoms with Crippen LogP contribution in [0.3, 0.4) is 0 Å². The molecule has 3 rings (SSSR count). The summed E-state index contributed by atoms with van der Waals surface area (Å²) in [5.74, 6) is 1.84. The number of aromatic nitrogens is 4. The van der Waals surface area contributed by atoms with Gasteiger partial charge in [0, 0.05) is 29.9 Å². The van der Waals surface area contributed by atoms with E-state index >= 15 is 0 Å². The lowest BCUT2D eigenvalue weighted by Gasteiger charge is -2.12. The molecule has 2 N–H and O–H groups in total. The fourth-order valence-corrected chi connectivity index (χ4v) is 4.47. The normalized spacial score (nSPS) is 11.6. The summed E-state index contributed by atoms with van der Waals surface area (Å²) in [7, 11) is -3.65. The molecule has 0 unspecified atom stereocenters.